The second-order valence-corrected chi connectivity index (χ2v) is 7.13. The molecule has 0 spiro atoms. The van der Waals surface area contributed by atoms with Crippen LogP contribution in [0.1, 0.15) is 22.6 Å². The minimum atomic E-state index is -4.73. The summed E-state index contributed by atoms with van der Waals surface area (Å²) in [5.74, 6) is -0.639. The quantitative estimate of drug-likeness (QED) is 0.617. The van der Waals surface area contributed by atoms with Gasteiger partial charge in [0.05, 0.1) is 23.9 Å². The summed E-state index contributed by atoms with van der Waals surface area (Å²) in [4.78, 5) is 18.4. The van der Waals surface area contributed by atoms with Gasteiger partial charge in [-0.3, -0.25) is 9.48 Å². The first-order valence-corrected chi connectivity index (χ1v) is 9.03. The molecule has 160 valence electrons. The van der Waals surface area contributed by atoms with Crippen LogP contribution < -0.4 is 16.0 Å². The van der Waals surface area contributed by atoms with E-state index >= 15 is 0 Å². The summed E-state index contributed by atoms with van der Waals surface area (Å²) in [6, 6.07) is 2.57. The number of nitrogens with two attached hydrogens (primary N) is 1. The standard InChI is InChI=1S/C17H18F4N8O/c1-27-8-12(14(25-27)17(19,20)21)24-15(30)13-3-2-11-5-23-16(26-29(11)13)28-6-9(18)4-10(22)7-28/h2-3,5,8-10H,4,6-7,22H2,1H3,(H,24,30)/t9?,10-/m0/s1. The summed E-state index contributed by atoms with van der Waals surface area (Å²) in [5.41, 5.74) is 4.62. The number of nitrogens with zero attached hydrogens (tertiary/aromatic N) is 6. The molecule has 4 heterocycles. The third-order valence-corrected chi connectivity index (χ3v) is 4.68. The third-order valence-electron chi connectivity index (χ3n) is 4.68. The van der Waals surface area contributed by atoms with Gasteiger partial charge in [0, 0.05) is 25.8 Å². The lowest BCUT2D eigenvalue weighted by Crippen LogP contribution is -2.48. The Hall–Kier alpha value is -3.22. The van der Waals surface area contributed by atoms with Crippen LogP contribution in [-0.4, -0.2) is 55.6 Å². The van der Waals surface area contributed by atoms with Gasteiger partial charge in [-0.05, 0) is 18.6 Å². The highest BCUT2D eigenvalue weighted by molar-refractivity contribution is 6.04. The summed E-state index contributed by atoms with van der Waals surface area (Å²) in [6.45, 7) is 0.409. The summed E-state index contributed by atoms with van der Waals surface area (Å²) < 4.78 is 55.5. The van der Waals surface area contributed by atoms with E-state index in [9.17, 15) is 22.4 Å². The van der Waals surface area contributed by atoms with E-state index in [-0.39, 0.29) is 30.6 Å². The van der Waals surface area contributed by atoms with Crippen molar-refractivity contribution in [1.29, 1.82) is 0 Å². The van der Waals surface area contributed by atoms with Crippen molar-refractivity contribution in [2.45, 2.75) is 24.8 Å². The van der Waals surface area contributed by atoms with Gasteiger partial charge in [-0.15, -0.1) is 5.10 Å². The number of aromatic nitrogens is 5. The highest BCUT2D eigenvalue weighted by Crippen LogP contribution is 2.33. The summed E-state index contributed by atoms with van der Waals surface area (Å²) >= 11 is 0. The van der Waals surface area contributed by atoms with Gasteiger partial charge in [-0.1, -0.05) is 0 Å². The van der Waals surface area contributed by atoms with E-state index in [4.69, 9.17) is 5.73 Å². The molecule has 0 saturated carbocycles. The Balaban J connectivity index is 1.64. The van der Waals surface area contributed by atoms with Crippen molar-refractivity contribution >= 4 is 23.1 Å². The van der Waals surface area contributed by atoms with Crippen LogP contribution in [-0.2, 0) is 13.2 Å². The zero-order valence-corrected chi connectivity index (χ0v) is 15.8. The Morgan fingerprint density at radius 3 is 2.73 bits per heavy atom. The molecule has 1 amide bonds. The fraction of sp³-hybridized carbons (Fsp3) is 0.412. The number of anilines is 2. The molecule has 1 saturated heterocycles. The molecule has 3 N–H and O–H groups in total. The molecule has 0 bridgehead atoms. The first-order valence-electron chi connectivity index (χ1n) is 9.03. The van der Waals surface area contributed by atoms with Crippen LogP contribution in [0.15, 0.2) is 24.5 Å². The molecule has 1 fully saturated rings. The fourth-order valence-corrected chi connectivity index (χ4v) is 3.42. The first kappa shape index (κ1) is 20.1. The molecule has 1 aliphatic heterocycles. The zero-order chi connectivity index (χ0) is 21.6. The number of hydrogen-bond acceptors (Lipinski definition) is 6. The average molecular weight is 426 g/mol. The van der Waals surface area contributed by atoms with E-state index in [1.807, 2.05) is 0 Å². The summed E-state index contributed by atoms with van der Waals surface area (Å²) in [7, 11) is 1.32. The normalized spacial score (nSPS) is 20.0. The van der Waals surface area contributed by atoms with E-state index in [1.165, 1.54) is 23.8 Å². The first-order chi connectivity index (χ1) is 14.1. The number of carbonyl (C=O) groups excluding carboxylic acids is 1. The predicted molar refractivity (Wildman–Crippen MR) is 98.9 cm³/mol. The smallest absolute Gasteiger partial charge is 0.335 e. The van der Waals surface area contributed by atoms with Crippen molar-refractivity contribution in [1.82, 2.24) is 24.4 Å². The van der Waals surface area contributed by atoms with Crippen molar-refractivity contribution in [2.24, 2.45) is 12.8 Å². The molecule has 3 aromatic rings. The summed E-state index contributed by atoms with van der Waals surface area (Å²) in [6.07, 6.45) is -3.11. The Labute approximate surface area is 167 Å². The van der Waals surface area contributed by atoms with E-state index in [0.29, 0.717) is 12.1 Å². The Bertz CT molecular complexity index is 1080. The number of carbonyl (C=O) groups is 1. The maximum atomic E-state index is 13.9. The van der Waals surface area contributed by atoms with Gasteiger partial charge in [-0.2, -0.15) is 18.3 Å². The number of piperidine rings is 1. The molecule has 9 nitrogen and oxygen atoms in total. The number of halogens is 4. The second-order valence-electron chi connectivity index (χ2n) is 7.13. The molecule has 13 heteroatoms. The number of nitrogens with one attached hydrogen (secondary N) is 1. The largest absolute Gasteiger partial charge is 0.437 e. The van der Waals surface area contributed by atoms with E-state index < -0.39 is 29.6 Å². The molecule has 0 aliphatic carbocycles. The van der Waals surface area contributed by atoms with Crippen LogP contribution in [0.25, 0.3) is 5.52 Å². The van der Waals surface area contributed by atoms with E-state index in [0.717, 1.165) is 10.9 Å². The van der Waals surface area contributed by atoms with E-state index in [2.05, 4.69) is 20.5 Å². The average Bonchev–Trinajstić information content (AvgIpc) is 3.23. The molecule has 1 unspecified atom stereocenters. The molecular formula is C17H18F4N8O. The zero-order valence-electron chi connectivity index (χ0n) is 15.8. The van der Waals surface area contributed by atoms with Crippen molar-refractivity contribution < 1.29 is 22.4 Å². The SMILES string of the molecule is Cn1cc(NC(=O)c2ccc3cnc(N4CC(F)C[C@H](N)C4)nn23)c(C(F)(F)F)n1. The molecule has 1 aliphatic rings. The van der Waals surface area contributed by atoms with Crippen LogP contribution in [0.2, 0.25) is 0 Å². The highest BCUT2D eigenvalue weighted by Gasteiger charge is 2.38. The third kappa shape index (κ3) is 3.79. The molecule has 4 rings (SSSR count). The van der Waals surface area contributed by atoms with Crippen LogP contribution in [0, 0.1) is 0 Å². The topological polar surface area (TPSA) is 106 Å². The molecule has 30 heavy (non-hydrogen) atoms. The number of amides is 1. The molecular weight excluding hydrogens is 408 g/mol. The lowest BCUT2D eigenvalue weighted by atomic mass is 10.1. The number of aryl methyl sites for hydroxylation is 1. The lowest BCUT2D eigenvalue weighted by molar-refractivity contribution is -0.140. The maximum Gasteiger partial charge on any atom is 0.437 e. The predicted octanol–water partition coefficient (Wildman–Crippen LogP) is 1.61. The van der Waals surface area contributed by atoms with E-state index in [1.54, 1.807) is 11.0 Å². The summed E-state index contributed by atoms with van der Waals surface area (Å²) in [5, 5.41) is 9.86. The number of alkyl halides is 4. The Morgan fingerprint density at radius 2 is 2.03 bits per heavy atom. The van der Waals surface area contributed by atoms with Crippen LogP contribution in [0.4, 0.5) is 29.2 Å². The van der Waals surface area contributed by atoms with Gasteiger partial charge in [0.2, 0.25) is 5.95 Å². The van der Waals surface area contributed by atoms with Crippen molar-refractivity contribution in [3.63, 3.8) is 0 Å². The minimum absolute atomic E-state index is 0.0104. The van der Waals surface area contributed by atoms with Gasteiger partial charge in [0.25, 0.3) is 5.91 Å². The van der Waals surface area contributed by atoms with Gasteiger partial charge >= 0.3 is 6.18 Å². The second kappa shape index (κ2) is 7.23. The van der Waals surface area contributed by atoms with Crippen LogP contribution in [0.5, 0.6) is 0 Å². The maximum absolute atomic E-state index is 13.9. The van der Waals surface area contributed by atoms with Crippen LogP contribution >= 0.6 is 0 Å². The fourth-order valence-electron chi connectivity index (χ4n) is 3.42. The number of rotatable bonds is 3. The van der Waals surface area contributed by atoms with Crippen molar-refractivity contribution in [2.75, 3.05) is 23.3 Å². The molecule has 0 radical (unpaired) electrons. The van der Waals surface area contributed by atoms with Gasteiger partial charge < -0.3 is 16.0 Å². The minimum Gasteiger partial charge on any atom is -0.335 e. The monoisotopic (exact) mass is 426 g/mol. The van der Waals surface area contributed by atoms with Crippen molar-refractivity contribution in [3.05, 3.63) is 35.9 Å². The molecule has 2 atom stereocenters. The van der Waals surface area contributed by atoms with Gasteiger partial charge in [-0.25, -0.2) is 13.9 Å². The van der Waals surface area contributed by atoms with Gasteiger partial charge in [0.15, 0.2) is 5.69 Å². The molecule has 3 aromatic heterocycles. The van der Waals surface area contributed by atoms with Crippen LogP contribution in [0.3, 0.4) is 0 Å². The van der Waals surface area contributed by atoms with Gasteiger partial charge in [0.1, 0.15) is 11.9 Å². The Morgan fingerprint density at radius 1 is 1.27 bits per heavy atom. The lowest BCUT2D eigenvalue weighted by Gasteiger charge is -2.32. The number of fused-ring (bicyclic) bond motifs is 1. The Kier molecular flexibility index (Phi) is 4.84. The van der Waals surface area contributed by atoms with Crippen molar-refractivity contribution in [3.8, 4) is 0 Å². The number of hydrogen-bond donors (Lipinski definition) is 2. The molecule has 0 aromatic carbocycles. The highest BCUT2D eigenvalue weighted by atomic mass is 19.4.